The molecule has 3 aliphatic rings. The Labute approximate surface area is 192 Å². The first kappa shape index (κ1) is 23.2. The number of nitrogens with zero attached hydrogens (tertiary/aromatic N) is 4. The van der Waals surface area contributed by atoms with E-state index in [0.29, 0.717) is 39.4 Å². The Hall–Kier alpha value is -1.96. The van der Waals surface area contributed by atoms with Crippen LogP contribution in [0.1, 0.15) is 24.8 Å². The molecule has 3 aliphatic heterocycles. The topological polar surface area (TPSA) is 56.3 Å². The lowest BCUT2D eigenvalue weighted by Gasteiger charge is -2.37. The van der Waals surface area contributed by atoms with Crippen molar-refractivity contribution in [1.29, 1.82) is 0 Å². The van der Waals surface area contributed by atoms with E-state index in [0.717, 1.165) is 51.6 Å². The molecule has 0 saturated carbocycles. The minimum absolute atomic E-state index is 0.184. The molecule has 0 aliphatic carbocycles. The summed E-state index contributed by atoms with van der Waals surface area (Å²) in [4.78, 5) is 33.6. The normalized spacial score (nSPS) is 21.6. The van der Waals surface area contributed by atoms with Crippen molar-refractivity contribution in [3.8, 4) is 0 Å². The molecule has 1 aromatic carbocycles. The Kier molecular flexibility index (Phi) is 8.54. The molecule has 3 heterocycles. The van der Waals surface area contributed by atoms with E-state index in [1.807, 2.05) is 9.80 Å². The molecule has 3 fully saturated rings. The van der Waals surface area contributed by atoms with Crippen LogP contribution in [0.25, 0.3) is 0 Å². The second kappa shape index (κ2) is 11.8. The number of benzene rings is 1. The average molecular weight is 443 g/mol. The average Bonchev–Trinajstić information content (AvgIpc) is 2.85. The number of piperidine rings is 1. The van der Waals surface area contributed by atoms with Gasteiger partial charge < -0.3 is 14.5 Å². The standard InChI is InChI=1S/C25H38N4O3/c30-24(20-26-10-8-23(9-11-26)7-6-22-4-2-1-3-5-22)28-14-12-27(13-15-28)21-25(31)29-16-18-32-19-17-29/h1-5,23H,6-21H2. The van der Waals surface area contributed by atoms with Crippen molar-refractivity contribution in [3.63, 3.8) is 0 Å². The highest BCUT2D eigenvalue weighted by molar-refractivity contribution is 5.79. The van der Waals surface area contributed by atoms with Gasteiger partial charge in [-0.15, -0.1) is 0 Å². The van der Waals surface area contributed by atoms with Crippen LogP contribution >= 0.6 is 0 Å². The van der Waals surface area contributed by atoms with Crippen molar-refractivity contribution < 1.29 is 14.3 Å². The minimum Gasteiger partial charge on any atom is -0.378 e. The molecule has 0 bridgehead atoms. The highest BCUT2D eigenvalue weighted by atomic mass is 16.5. The van der Waals surface area contributed by atoms with Crippen molar-refractivity contribution in [2.75, 3.05) is 78.7 Å². The summed E-state index contributed by atoms with van der Waals surface area (Å²) in [7, 11) is 0. The molecule has 0 aromatic heterocycles. The molecule has 7 nitrogen and oxygen atoms in total. The van der Waals surface area contributed by atoms with E-state index in [4.69, 9.17) is 4.74 Å². The van der Waals surface area contributed by atoms with Crippen LogP contribution in [-0.4, -0.2) is 110 Å². The van der Waals surface area contributed by atoms with Crippen LogP contribution in [-0.2, 0) is 20.7 Å². The number of morpholine rings is 1. The largest absolute Gasteiger partial charge is 0.378 e. The summed E-state index contributed by atoms with van der Waals surface area (Å²) in [6.45, 7) is 8.73. The lowest BCUT2D eigenvalue weighted by Crippen LogP contribution is -2.54. The van der Waals surface area contributed by atoms with E-state index >= 15 is 0 Å². The van der Waals surface area contributed by atoms with Gasteiger partial charge in [0.1, 0.15) is 0 Å². The molecule has 7 heteroatoms. The quantitative estimate of drug-likeness (QED) is 0.638. The number of likely N-dealkylation sites (tertiary alicyclic amines) is 1. The number of hydrogen-bond acceptors (Lipinski definition) is 5. The molecule has 0 N–H and O–H groups in total. The Morgan fingerprint density at radius 3 is 1.94 bits per heavy atom. The summed E-state index contributed by atoms with van der Waals surface area (Å²) in [5, 5.41) is 0. The first-order valence-electron chi connectivity index (χ1n) is 12.3. The third-order valence-corrected chi connectivity index (χ3v) is 7.20. The van der Waals surface area contributed by atoms with Crippen molar-refractivity contribution in [2.45, 2.75) is 25.7 Å². The molecule has 0 spiro atoms. The SMILES string of the molecule is O=C(CN1CCN(C(=O)CN2CCC(CCc3ccccc3)CC2)CC1)N1CCOCC1. The number of ether oxygens (including phenoxy) is 1. The number of hydrogen-bond donors (Lipinski definition) is 0. The molecule has 0 radical (unpaired) electrons. The predicted octanol–water partition coefficient (Wildman–Crippen LogP) is 1.33. The number of carbonyl (C=O) groups excluding carboxylic acids is 2. The second-order valence-electron chi connectivity index (χ2n) is 9.39. The van der Waals surface area contributed by atoms with Crippen molar-refractivity contribution in [3.05, 3.63) is 35.9 Å². The second-order valence-corrected chi connectivity index (χ2v) is 9.39. The zero-order valence-electron chi connectivity index (χ0n) is 19.3. The van der Waals surface area contributed by atoms with Gasteiger partial charge in [0.15, 0.2) is 0 Å². The summed E-state index contributed by atoms with van der Waals surface area (Å²) in [6, 6.07) is 10.7. The maximum absolute atomic E-state index is 12.8. The number of piperazine rings is 1. The first-order valence-corrected chi connectivity index (χ1v) is 12.3. The molecule has 1 aromatic rings. The van der Waals surface area contributed by atoms with Gasteiger partial charge in [0, 0.05) is 39.3 Å². The van der Waals surface area contributed by atoms with Crippen LogP contribution in [0.5, 0.6) is 0 Å². The van der Waals surface area contributed by atoms with Gasteiger partial charge in [0.2, 0.25) is 11.8 Å². The van der Waals surface area contributed by atoms with E-state index < -0.39 is 0 Å². The van der Waals surface area contributed by atoms with Crippen LogP contribution in [0.4, 0.5) is 0 Å². The van der Waals surface area contributed by atoms with E-state index in [-0.39, 0.29) is 11.8 Å². The van der Waals surface area contributed by atoms with Gasteiger partial charge in [-0.3, -0.25) is 19.4 Å². The predicted molar refractivity (Wildman–Crippen MR) is 124 cm³/mol. The minimum atomic E-state index is 0.184. The van der Waals surface area contributed by atoms with E-state index in [2.05, 4.69) is 40.1 Å². The van der Waals surface area contributed by atoms with Crippen LogP contribution in [0.2, 0.25) is 0 Å². The lowest BCUT2D eigenvalue weighted by atomic mass is 9.90. The number of rotatable bonds is 7. The van der Waals surface area contributed by atoms with Gasteiger partial charge in [0.05, 0.1) is 26.3 Å². The number of aryl methyl sites for hydroxylation is 1. The summed E-state index contributed by atoms with van der Waals surface area (Å²) < 4.78 is 5.32. The van der Waals surface area contributed by atoms with Gasteiger partial charge in [-0.1, -0.05) is 30.3 Å². The summed E-state index contributed by atoms with van der Waals surface area (Å²) in [6.07, 6.45) is 4.79. The molecule has 2 amide bonds. The highest BCUT2D eigenvalue weighted by Crippen LogP contribution is 2.22. The summed E-state index contributed by atoms with van der Waals surface area (Å²) in [5.74, 6) is 1.20. The van der Waals surface area contributed by atoms with Gasteiger partial charge in [-0.2, -0.15) is 0 Å². The molecule has 3 saturated heterocycles. The van der Waals surface area contributed by atoms with E-state index in [1.165, 1.54) is 24.8 Å². The van der Waals surface area contributed by atoms with Crippen molar-refractivity contribution in [1.82, 2.24) is 19.6 Å². The highest BCUT2D eigenvalue weighted by Gasteiger charge is 2.27. The van der Waals surface area contributed by atoms with Gasteiger partial charge in [0.25, 0.3) is 0 Å². The smallest absolute Gasteiger partial charge is 0.236 e. The zero-order chi connectivity index (χ0) is 22.2. The first-order chi connectivity index (χ1) is 15.7. The summed E-state index contributed by atoms with van der Waals surface area (Å²) >= 11 is 0. The fourth-order valence-electron chi connectivity index (χ4n) is 5.00. The molecular formula is C25H38N4O3. The molecule has 0 atom stereocenters. The zero-order valence-corrected chi connectivity index (χ0v) is 19.3. The molecule has 4 rings (SSSR count). The lowest BCUT2D eigenvalue weighted by molar-refractivity contribution is -0.138. The van der Waals surface area contributed by atoms with E-state index in [1.54, 1.807) is 0 Å². The van der Waals surface area contributed by atoms with Gasteiger partial charge in [-0.05, 0) is 50.3 Å². The Morgan fingerprint density at radius 1 is 0.750 bits per heavy atom. The molecule has 0 unspecified atom stereocenters. The monoisotopic (exact) mass is 442 g/mol. The van der Waals surface area contributed by atoms with Crippen LogP contribution in [0.3, 0.4) is 0 Å². The Balaban J connectivity index is 1.11. The van der Waals surface area contributed by atoms with Gasteiger partial charge in [-0.25, -0.2) is 0 Å². The third-order valence-electron chi connectivity index (χ3n) is 7.20. The molecule has 32 heavy (non-hydrogen) atoms. The number of carbonyl (C=O) groups is 2. The Morgan fingerprint density at radius 2 is 1.31 bits per heavy atom. The van der Waals surface area contributed by atoms with Gasteiger partial charge >= 0.3 is 0 Å². The maximum atomic E-state index is 12.8. The maximum Gasteiger partial charge on any atom is 0.236 e. The van der Waals surface area contributed by atoms with Crippen molar-refractivity contribution in [2.24, 2.45) is 5.92 Å². The van der Waals surface area contributed by atoms with Crippen LogP contribution < -0.4 is 0 Å². The van der Waals surface area contributed by atoms with E-state index in [9.17, 15) is 9.59 Å². The number of amides is 2. The Bertz CT molecular complexity index is 722. The fourth-order valence-corrected chi connectivity index (χ4v) is 5.00. The molecule has 176 valence electrons. The van der Waals surface area contributed by atoms with Crippen LogP contribution in [0, 0.1) is 5.92 Å². The third kappa shape index (κ3) is 6.77. The summed E-state index contributed by atoms with van der Waals surface area (Å²) in [5.41, 5.74) is 1.43. The van der Waals surface area contributed by atoms with Crippen molar-refractivity contribution >= 4 is 11.8 Å². The van der Waals surface area contributed by atoms with Crippen LogP contribution in [0.15, 0.2) is 30.3 Å². The molecular weight excluding hydrogens is 404 g/mol. The fraction of sp³-hybridized carbons (Fsp3) is 0.680.